The molecule has 1 unspecified atom stereocenters. The van der Waals surface area contributed by atoms with Crippen LogP contribution in [-0.4, -0.2) is 25.3 Å². The molecule has 2 fully saturated rings. The third kappa shape index (κ3) is 4.06. The maximum Gasteiger partial charge on any atom is 0.0594 e. The summed E-state index contributed by atoms with van der Waals surface area (Å²) in [5.74, 6) is 0.978. The van der Waals surface area contributed by atoms with E-state index in [4.69, 9.17) is 4.74 Å². The molecule has 1 N–H and O–H groups in total. The second-order valence-corrected chi connectivity index (χ2v) is 5.46. The standard InChI is InChI=1S/C14H27NO/c1-2-5-14(12-8-9-12)15-10-11-16-13-6-3-4-7-13/h12-15H,2-11H2,1H3. The molecule has 0 aromatic heterocycles. The second-order valence-electron chi connectivity index (χ2n) is 5.46. The first-order valence-electron chi connectivity index (χ1n) is 7.25. The van der Waals surface area contributed by atoms with Gasteiger partial charge in [0.05, 0.1) is 12.7 Å². The van der Waals surface area contributed by atoms with Gasteiger partial charge in [-0.05, 0) is 38.0 Å². The lowest BCUT2D eigenvalue weighted by Gasteiger charge is -2.18. The number of nitrogens with one attached hydrogen (secondary N) is 1. The predicted molar refractivity (Wildman–Crippen MR) is 67.6 cm³/mol. The summed E-state index contributed by atoms with van der Waals surface area (Å²) < 4.78 is 5.87. The van der Waals surface area contributed by atoms with Gasteiger partial charge in [0.1, 0.15) is 0 Å². The van der Waals surface area contributed by atoms with E-state index in [2.05, 4.69) is 12.2 Å². The average molecular weight is 225 g/mol. The van der Waals surface area contributed by atoms with Gasteiger partial charge in [-0.15, -0.1) is 0 Å². The van der Waals surface area contributed by atoms with Gasteiger partial charge >= 0.3 is 0 Å². The third-order valence-corrected chi connectivity index (χ3v) is 3.96. The molecular formula is C14H27NO. The van der Waals surface area contributed by atoms with E-state index in [9.17, 15) is 0 Å². The summed E-state index contributed by atoms with van der Waals surface area (Å²) in [5.41, 5.74) is 0. The summed E-state index contributed by atoms with van der Waals surface area (Å²) in [6, 6.07) is 0.775. The summed E-state index contributed by atoms with van der Waals surface area (Å²) in [4.78, 5) is 0. The Bertz CT molecular complexity index is 185. The molecule has 1 atom stereocenters. The molecule has 2 rings (SSSR count). The Morgan fingerprint density at radius 1 is 1.19 bits per heavy atom. The molecule has 2 aliphatic rings. The zero-order valence-electron chi connectivity index (χ0n) is 10.7. The van der Waals surface area contributed by atoms with Crippen LogP contribution >= 0.6 is 0 Å². The molecule has 2 aliphatic carbocycles. The van der Waals surface area contributed by atoms with E-state index in [0.29, 0.717) is 6.10 Å². The smallest absolute Gasteiger partial charge is 0.0594 e. The van der Waals surface area contributed by atoms with E-state index < -0.39 is 0 Å². The monoisotopic (exact) mass is 225 g/mol. The van der Waals surface area contributed by atoms with E-state index in [-0.39, 0.29) is 0 Å². The first kappa shape index (κ1) is 12.4. The van der Waals surface area contributed by atoms with E-state index in [1.165, 1.54) is 51.4 Å². The molecule has 0 aromatic rings. The van der Waals surface area contributed by atoms with Crippen molar-refractivity contribution >= 4 is 0 Å². The number of hydrogen-bond donors (Lipinski definition) is 1. The van der Waals surface area contributed by atoms with Crippen molar-refractivity contribution in [3.63, 3.8) is 0 Å². The molecule has 0 aromatic carbocycles. The molecule has 0 aliphatic heterocycles. The summed E-state index contributed by atoms with van der Waals surface area (Å²) in [7, 11) is 0. The lowest BCUT2D eigenvalue weighted by atomic mass is 10.1. The highest BCUT2D eigenvalue weighted by atomic mass is 16.5. The highest BCUT2D eigenvalue weighted by molar-refractivity contribution is 4.85. The van der Waals surface area contributed by atoms with Crippen molar-refractivity contribution in [1.82, 2.24) is 5.32 Å². The van der Waals surface area contributed by atoms with Crippen LogP contribution < -0.4 is 5.32 Å². The van der Waals surface area contributed by atoms with Gasteiger partial charge in [0.15, 0.2) is 0 Å². The van der Waals surface area contributed by atoms with E-state index in [0.717, 1.165) is 25.1 Å². The first-order chi connectivity index (χ1) is 7.90. The van der Waals surface area contributed by atoms with Crippen molar-refractivity contribution in [1.29, 1.82) is 0 Å². The van der Waals surface area contributed by atoms with Crippen LogP contribution in [0.15, 0.2) is 0 Å². The van der Waals surface area contributed by atoms with Crippen molar-refractivity contribution in [2.45, 2.75) is 70.4 Å². The Morgan fingerprint density at radius 3 is 2.56 bits per heavy atom. The van der Waals surface area contributed by atoms with Crippen molar-refractivity contribution in [3.8, 4) is 0 Å². The lowest BCUT2D eigenvalue weighted by Crippen LogP contribution is -2.34. The molecule has 0 spiro atoms. The van der Waals surface area contributed by atoms with Crippen LogP contribution in [0, 0.1) is 5.92 Å². The van der Waals surface area contributed by atoms with Crippen molar-refractivity contribution in [2.75, 3.05) is 13.2 Å². The zero-order valence-corrected chi connectivity index (χ0v) is 10.7. The summed E-state index contributed by atoms with van der Waals surface area (Å²) >= 11 is 0. The average Bonchev–Trinajstić information content (AvgIpc) is 3.01. The minimum Gasteiger partial charge on any atom is -0.377 e. The minimum atomic E-state index is 0.576. The third-order valence-electron chi connectivity index (χ3n) is 3.96. The van der Waals surface area contributed by atoms with Gasteiger partial charge in [-0.25, -0.2) is 0 Å². The van der Waals surface area contributed by atoms with Crippen molar-refractivity contribution in [3.05, 3.63) is 0 Å². The molecule has 0 radical (unpaired) electrons. The Kier molecular flexibility index (Phi) is 5.11. The number of rotatable bonds is 8. The topological polar surface area (TPSA) is 21.3 Å². The summed E-state index contributed by atoms with van der Waals surface area (Å²) in [5, 5.41) is 3.68. The molecule has 0 amide bonds. The SMILES string of the molecule is CCCC(NCCOC1CCCC1)C1CC1. The van der Waals surface area contributed by atoms with Crippen LogP contribution in [0.1, 0.15) is 58.3 Å². The van der Waals surface area contributed by atoms with E-state index in [1.807, 2.05) is 0 Å². The highest BCUT2D eigenvalue weighted by Gasteiger charge is 2.29. The van der Waals surface area contributed by atoms with Crippen LogP contribution in [0.2, 0.25) is 0 Å². The Hall–Kier alpha value is -0.0800. The van der Waals surface area contributed by atoms with Crippen LogP contribution in [0.3, 0.4) is 0 Å². The van der Waals surface area contributed by atoms with Gasteiger partial charge in [-0.2, -0.15) is 0 Å². The van der Waals surface area contributed by atoms with Crippen LogP contribution in [0.25, 0.3) is 0 Å². The Balaban J connectivity index is 1.51. The number of ether oxygens (including phenoxy) is 1. The largest absolute Gasteiger partial charge is 0.377 e. The minimum absolute atomic E-state index is 0.576. The van der Waals surface area contributed by atoms with Gasteiger partial charge < -0.3 is 10.1 Å². The predicted octanol–water partition coefficient (Wildman–Crippen LogP) is 3.11. The van der Waals surface area contributed by atoms with Gasteiger partial charge in [-0.3, -0.25) is 0 Å². The quantitative estimate of drug-likeness (QED) is 0.641. The fraction of sp³-hybridized carbons (Fsp3) is 1.00. The van der Waals surface area contributed by atoms with Crippen LogP contribution in [-0.2, 0) is 4.74 Å². The molecule has 2 saturated carbocycles. The van der Waals surface area contributed by atoms with Crippen molar-refractivity contribution in [2.24, 2.45) is 5.92 Å². The van der Waals surface area contributed by atoms with E-state index >= 15 is 0 Å². The first-order valence-corrected chi connectivity index (χ1v) is 7.25. The fourth-order valence-electron chi connectivity index (χ4n) is 2.84. The molecule has 2 nitrogen and oxygen atoms in total. The van der Waals surface area contributed by atoms with Gasteiger partial charge in [0.25, 0.3) is 0 Å². The molecular weight excluding hydrogens is 198 g/mol. The van der Waals surface area contributed by atoms with Crippen molar-refractivity contribution < 1.29 is 4.74 Å². The van der Waals surface area contributed by atoms with Gasteiger partial charge in [-0.1, -0.05) is 26.2 Å². The highest BCUT2D eigenvalue weighted by Crippen LogP contribution is 2.34. The fourth-order valence-corrected chi connectivity index (χ4v) is 2.84. The van der Waals surface area contributed by atoms with E-state index in [1.54, 1.807) is 0 Å². The summed E-state index contributed by atoms with van der Waals surface area (Å²) in [6.45, 7) is 4.25. The molecule has 0 bridgehead atoms. The summed E-state index contributed by atoms with van der Waals surface area (Å²) in [6.07, 6.45) is 11.4. The normalized spacial score (nSPS) is 23.8. The Labute approximate surface area is 100 Å². The molecule has 94 valence electrons. The number of hydrogen-bond acceptors (Lipinski definition) is 2. The zero-order chi connectivity index (χ0) is 11.2. The van der Waals surface area contributed by atoms with Gasteiger partial charge in [0, 0.05) is 12.6 Å². The van der Waals surface area contributed by atoms with Gasteiger partial charge in [0.2, 0.25) is 0 Å². The Morgan fingerprint density at radius 2 is 1.94 bits per heavy atom. The molecule has 16 heavy (non-hydrogen) atoms. The lowest BCUT2D eigenvalue weighted by molar-refractivity contribution is 0.0586. The second kappa shape index (κ2) is 6.61. The van der Waals surface area contributed by atoms with Crippen LogP contribution in [0.4, 0.5) is 0 Å². The molecule has 2 heteroatoms. The maximum atomic E-state index is 5.87. The molecule has 0 heterocycles. The maximum absolute atomic E-state index is 5.87. The van der Waals surface area contributed by atoms with Crippen LogP contribution in [0.5, 0.6) is 0 Å². The molecule has 0 saturated heterocycles.